The van der Waals surface area contributed by atoms with Crippen LogP contribution in [0.25, 0.3) is 33.3 Å². The number of nitrogens with zero attached hydrogens (tertiary/aromatic N) is 3. The van der Waals surface area contributed by atoms with Crippen molar-refractivity contribution < 1.29 is 14.3 Å². The summed E-state index contributed by atoms with van der Waals surface area (Å²) < 4.78 is 7.60. The summed E-state index contributed by atoms with van der Waals surface area (Å²) in [6.07, 6.45) is 4.40. The Morgan fingerprint density at radius 1 is 1.18 bits per heavy atom. The Kier molecular flexibility index (Phi) is 6.32. The van der Waals surface area contributed by atoms with Crippen molar-refractivity contribution >= 4 is 39.9 Å². The maximum Gasteiger partial charge on any atom is 0.247 e. The van der Waals surface area contributed by atoms with Crippen LogP contribution in [-0.2, 0) is 16.6 Å². The van der Waals surface area contributed by atoms with Gasteiger partial charge in [0, 0.05) is 29.9 Å². The van der Waals surface area contributed by atoms with E-state index in [1.54, 1.807) is 19.2 Å². The second kappa shape index (κ2) is 9.65. The molecule has 0 saturated heterocycles. The van der Waals surface area contributed by atoms with Crippen LogP contribution in [0.15, 0.2) is 61.3 Å². The second-order valence-corrected chi connectivity index (χ2v) is 9.88. The average molecular weight is 521 g/mol. The van der Waals surface area contributed by atoms with E-state index < -0.39 is 0 Å². The molecular weight excluding hydrogens is 492 g/mol. The molecule has 0 atom stereocenters. The molecule has 39 heavy (non-hydrogen) atoms. The number of hydrogen-bond acceptors (Lipinski definition) is 6. The Bertz CT molecular complexity index is 1690. The summed E-state index contributed by atoms with van der Waals surface area (Å²) in [6, 6.07) is 15.1. The standard InChI is InChI=1S/C30H28N6O3/c1-5-23(37)34-20-9-6-17(7-10-20)26-24(25-27(36(26)3)19(15-31)16-33-28(25)32)18-8-11-21(22(14-18)39-4)35-29(38)30(2)12-13-30/h5-11,14,16H,1,12-13H2,2-4H3,(H2,32,33)(H,34,37)(H,35,38). The number of benzene rings is 2. The van der Waals surface area contributed by atoms with Crippen molar-refractivity contribution in [2.75, 3.05) is 23.5 Å². The van der Waals surface area contributed by atoms with Gasteiger partial charge in [0.25, 0.3) is 0 Å². The summed E-state index contributed by atoms with van der Waals surface area (Å²) in [4.78, 5) is 28.8. The lowest BCUT2D eigenvalue weighted by molar-refractivity contribution is -0.120. The zero-order valence-corrected chi connectivity index (χ0v) is 22.0. The van der Waals surface area contributed by atoms with Gasteiger partial charge in [0.05, 0.1) is 35.0 Å². The van der Waals surface area contributed by atoms with Gasteiger partial charge in [0.15, 0.2) is 0 Å². The molecule has 0 aliphatic heterocycles. The number of methoxy groups -OCH3 is 1. The first kappa shape index (κ1) is 25.5. The molecule has 0 bridgehead atoms. The fourth-order valence-corrected chi connectivity index (χ4v) is 4.75. The quantitative estimate of drug-likeness (QED) is 0.286. The number of carbonyl (C=O) groups excluding carboxylic acids is 2. The topological polar surface area (TPSA) is 135 Å². The van der Waals surface area contributed by atoms with Crippen LogP contribution in [0.4, 0.5) is 17.2 Å². The molecule has 1 aliphatic carbocycles. The zero-order chi connectivity index (χ0) is 27.9. The van der Waals surface area contributed by atoms with Crippen LogP contribution in [0.1, 0.15) is 25.3 Å². The third-order valence-electron chi connectivity index (χ3n) is 7.26. The Labute approximate surface area is 225 Å². The predicted molar refractivity (Wildman–Crippen MR) is 152 cm³/mol. The summed E-state index contributed by atoms with van der Waals surface area (Å²) in [5.74, 6) is 0.447. The highest BCUT2D eigenvalue weighted by Gasteiger charge is 2.45. The number of pyridine rings is 1. The molecule has 9 heteroatoms. The van der Waals surface area contributed by atoms with Crippen molar-refractivity contribution in [1.29, 1.82) is 5.26 Å². The summed E-state index contributed by atoms with van der Waals surface area (Å²) in [7, 11) is 3.43. The maximum absolute atomic E-state index is 12.7. The number of amides is 2. The molecule has 2 aromatic carbocycles. The van der Waals surface area contributed by atoms with Crippen LogP contribution in [-0.4, -0.2) is 28.5 Å². The summed E-state index contributed by atoms with van der Waals surface area (Å²) in [6.45, 7) is 5.43. The fraction of sp³-hybridized carbons (Fsp3) is 0.200. The molecule has 4 aromatic rings. The number of aryl methyl sites for hydroxylation is 1. The molecule has 0 radical (unpaired) electrons. The number of hydrogen-bond donors (Lipinski definition) is 3. The van der Waals surface area contributed by atoms with E-state index >= 15 is 0 Å². The molecule has 1 aliphatic rings. The van der Waals surface area contributed by atoms with Gasteiger partial charge in [-0.2, -0.15) is 5.26 Å². The number of nitrogens with two attached hydrogens (primary N) is 1. The van der Waals surface area contributed by atoms with Gasteiger partial charge in [-0.15, -0.1) is 0 Å². The van der Waals surface area contributed by atoms with E-state index in [0.717, 1.165) is 35.2 Å². The van der Waals surface area contributed by atoms with Crippen molar-refractivity contribution in [2.45, 2.75) is 19.8 Å². The van der Waals surface area contributed by atoms with Crippen molar-refractivity contribution in [2.24, 2.45) is 12.5 Å². The Balaban J connectivity index is 1.70. The minimum absolute atomic E-state index is 0.0323. The Morgan fingerprint density at radius 3 is 2.49 bits per heavy atom. The number of ether oxygens (including phenoxy) is 1. The predicted octanol–water partition coefficient (Wildman–Crippen LogP) is 5.23. The normalized spacial score (nSPS) is 13.4. The first-order valence-electron chi connectivity index (χ1n) is 12.4. The van der Waals surface area contributed by atoms with Gasteiger partial charge < -0.3 is 25.7 Å². The van der Waals surface area contributed by atoms with E-state index in [1.807, 2.05) is 48.9 Å². The van der Waals surface area contributed by atoms with Crippen LogP contribution in [0, 0.1) is 16.7 Å². The van der Waals surface area contributed by atoms with Crippen LogP contribution in [0.5, 0.6) is 5.75 Å². The maximum atomic E-state index is 12.7. The lowest BCUT2D eigenvalue weighted by Crippen LogP contribution is -2.21. The summed E-state index contributed by atoms with van der Waals surface area (Å²) in [5, 5.41) is 16.2. The van der Waals surface area contributed by atoms with E-state index in [2.05, 4.69) is 28.3 Å². The Morgan fingerprint density at radius 2 is 1.87 bits per heavy atom. The van der Waals surface area contributed by atoms with Gasteiger partial charge in [0.2, 0.25) is 11.8 Å². The first-order chi connectivity index (χ1) is 18.7. The van der Waals surface area contributed by atoms with Crippen molar-refractivity contribution in [1.82, 2.24) is 9.55 Å². The van der Waals surface area contributed by atoms with Gasteiger partial charge in [-0.05, 0) is 54.3 Å². The van der Waals surface area contributed by atoms with E-state index in [9.17, 15) is 14.9 Å². The van der Waals surface area contributed by atoms with Crippen molar-refractivity contribution in [3.8, 4) is 34.2 Å². The van der Waals surface area contributed by atoms with Gasteiger partial charge in [-0.25, -0.2) is 4.98 Å². The number of anilines is 3. The van der Waals surface area contributed by atoms with Crippen LogP contribution < -0.4 is 21.1 Å². The number of fused-ring (bicyclic) bond motifs is 1. The van der Waals surface area contributed by atoms with E-state index in [4.69, 9.17) is 10.5 Å². The first-order valence-corrected chi connectivity index (χ1v) is 12.4. The number of aromatic nitrogens is 2. The minimum Gasteiger partial charge on any atom is -0.495 e. The smallest absolute Gasteiger partial charge is 0.247 e. The SMILES string of the molecule is C=CC(=O)Nc1ccc(-c2c(-c3ccc(NC(=O)C4(C)CC4)c(OC)c3)c3c(N)ncc(C#N)c3n2C)cc1. The molecule has 196 valence electrons. The molecule has 5 rings (SSSR count). The van der Waals surface area contributed by atoms with Gasteiger partial charge >= 0.3 is 0 Å². The average Bonchev–Trinajstić information content (AvgIpc) is 3.63. The number of carbonyl (C=O) groups is 2. The molecule has 4 N–H and O–H groups in total. The number of nitrogens with one attached hydrogen (secondary N) is 2. The van der Waals surface area contributed by atoms with Crippen molar-refractivity contribution in [3.63, 3.8) is 0 Å². The van der Waals surface area contributed by atoms with Crippen molar-refractivity contribution in [3.05, 3.63) is 66.9 Å². The highest BCUT2D eigenvalue weighted by Crippen LogP contribution is 2.47. The fourth-order valence-electron chi connectivity index (χ4n) is 4.75. The molecule has 1 saturated carbocycles. The minimum atomic E-state index is -0.336. The van der Waals surface area contributed by atoms with Gasteiger partial charge in [0.1, 0.15) is 17.6 Å². The summed E-state index contributed by atoms with van der Waals surface area (Å²) >= 11 is 0. The molecule has 1 fully saturated rings. The number of nitriles is 1. The van der Waals surface area contributed by atoms with E-state index in [1.165, 1.54) is 12.3 Å². The zero-order valence-electron chi connectivity index (χ0n) is 22.0. The van der Waals surface area contributed by atoms with E-state index in [-0.39, 0.29) is 23.0 Å². The molecular formula is C30H28N6O3. The van der Waals surface area contributed by atoms with Gasteiger partial charge in [-0.1, -0.05) is 31.7 Å². The Hall–Kier alpha value is -5.10. The lowest BCUT2D eigenvalue weighted by atomic mass is 9.97. The number of rotatable bonds is 7. The highest BCUT2D eigenvalue weighted by molar-refractivity contribution is 6.11. The van der Waals surface area contributed by atoms with Crippen LogP contribution >= 0.6 is 0 Å². The third-order valence-corrected chi connectivity index (χ3v) is 7.26. The largest absolute Gasteiger partial charge is 0.495 e. The monoisotopic (exact) mass is 520 g/mol. The molecule has 9 nitrogen and oxygen atoms in total. The number of nitrogen functional groups attached to an aromatic ring is 1. The second-order valence-electron chi connectivity index (χ2n) is 9.88. The molecule has 0 spiro atoms. The summed E-state index contributed by atoms with van der Waals surface area (Å²) in [5.41, 5.74) is 11.5. The third kappa shape index (κ3) is 4.46. The molecule has 2 heterocycles. The lowest BCUT2D eigenvalue weighted by Gasteiger charge is -2.15. The van der Waals surface area contributed by atoms with Gasteiger partial charge in [-0.3, -0.25) is 9.59 Å². The molecule has 2 amide bonds. The highest BCUT2D eigenvalue weighted by atomic mass is 16.5. The van der Waals surface area contributed by atoms with Crippen LogP contribution in [0.2, 0.25) is 0 Å². The molecule has 2 aromatic heterocycles. The molecule has 0 unspecified atom stereocenters. The van der Waals surface area contributed by atoms with E-state index in [0.29, 0.717) is 33.6 Å². The van der Waals surface area contributed by atoms with Crippen LogP contribution in [0.3, 0.4) is 0 Å².